The van der Waals surface area contributed by atoms with Gasteiger partial charge in [0.15, 0.2) is 0 Å². The van der Waals surface area contributed by atoms with Crippen molar-refractivity contribution < 1.29 is 13.9 Å². The minimum atomic E-state index is -0.308. The molecule has 0 N–H and O–H groups in total. The Bertz CT molecular complexity index is 787. The van der Waals surface area contributed by atoms with Crippen LogP contribution in [0.15, 0.2) is 47.1 Å². The molecule has 0 aliphatic carbocycles. The second-order valence-electron chi connectivity index (χ2n) is 7.13. The normalized spacial score (nSPS) is 25.1. The summed E-state index contributed by atoms with van der Waals surface area (Å²) in [7, 11) is 2.18. The van der Waals surface area contributed by atoms with Crippen LogP contribution >= 0.6 is 24.0 Å². The fourth-order valence-corrected chi connectivity index (χ4v) is 4.20. The minimum Gasteiger partial charge on any atom is -0.465 e. The molecule has 2 unspecified atom stereocenters. The number of esters is 1. The van der Waals surface area contributed by atoms with Gasteiger partial charge in [-0.1, -0.05) is 23.7 Å². The third-order valence-electron chi connectivity index (χ3n) is 5.53. The average molecular weight is 408 g/mol. The van der Waals surface area contributed by atoms with Crippen LogP contribution in [-0.4, -0.2) is 36.1 Å². The zero-order valence-corrected chi connectivity index (χ0v) is 16.7. The van der Waals surface area contributed by atoms with Crippen LogP contribution < -0.4 is 0 Å². The van der Waals surface area contributed by atoms with E-state index >= 15 is 0 Å². The Kier molecular flexibility index (Phi) is 6.30. The first-order valence-electron chi connectivity index (χ1n) is 9.04. The molecule has 3 heterocycles. The number of hydrogen-bond acceptors (Lipinski definition) is 4. The van der Waals surface area contributed by atoms with Gasteiger partial charge >= 0.3 is 5.97 Å². The Morgan fingerprint density at radius 2 is 1.85 bits per heavy atom. The Morgan fingerprint density at radius 1 is 1.19 bits per heavy atom. The molecule has 0 spiro atoms. The lowest BCUT2D eigenvalue weighted by molar-refractivity contribution is -0.145. The van der Waals surface area contributed by atoms with E-state index < -0.39 is 0 Å². The maximum atomic E-state index is 13.0. The van der Waals surface area contributed by atoms with E-state index in [0.717, 1.165) is 18.4 Å². The fourth-order valence-electron chi connectivity index (χ4n) is 4.08. The highest BCUT2D eigenvalue weighted by molar-refractivity contribution is 6.30. The Morgan fingerprint density at radius 3 is 2.44 bits per heavy atom. The van der Waals surface area contributed by atoms with Crippen molar-refractivity contribution in [2.75, 3.05) is 7.05 Å². The van der Waals surface area contributed by atoms with Gasteiger partial charge in [0.2, 0.25) is 0 Å². The number of piperidine rings is 1. The van der Waals surface area contributed by atoms with E-state index in [-0.39, 0.29) is 24.5 Å². The molecular formula is C21H23Cl2NO3. The van der Waals surface area contributed by atoms with Gasteiger partial charge in [0, 0.05) is 29.9 Å². The van der Waals surface area contributed by atoms with E-state index in [4.69, 9.17) is 20.8 Å². The number of halogens is 2. The summed E-state index contributed by atoms with van der Waals surface area (Å²) in [5.41, 5.74) is 1.26. The SMILES string of the molecule is CN1C2CCC1CC(OC(=O)/C(=C\c1ccco1)c1ccc(Cl)cc1)C2.Cl. The first kappa shape index (κ1) is 20.0. The van der Waals surface area contributed by atoms with Gasteiger partial charge in [-0.05, 0) is 55.8 Å². The third-order valence-corrected chi connectivity index (χ3v) is 5.79. The Balaban J connectivity index is 0.00000210. The highest BCUT2D eigenvalue weighted by Gasteiger charge is 2.40. The molecule has 2 aromatic rings. The van der Waals surface area contributed by atoms with Crippen molar-refractivity contribution in [2.24, 2.45) is 0 Å². The van der Waals surface area contributed by atoms with E-state index in [1.165, 1.54) is 12.8 Å². The maximum Gasteiger partial charge on any atom is 0.339 e. The smallest absolute Gasteiger partial charge is 0.339 e. The molecule has 2 fully saturated rings. The van der Waals surface area contributed by atoms with Crippen molar-refractivity contribution in [1.29, 1.82) is 0 Å². The topological polar surface area (TPSA) is 42.7 Å². The van der Waals surface area contributed by atoms with Crippen LogP contribution in [0.2, 0.25) is 5.02 Å². The predicted molar refractivity (Wildman–Crippen MR) is 109 cm³/mol. The van der Waals surface area contributed by atoms with Gasteiger partial charge in [0.1, 0.15) is 11.9 Å². The molecule has 4 rings (SSSR count). The van der Waals surface area contributed by atoms with Crippen LogP contribution in [0.3, 0.4) is 0 Å². The summed E-state index contributed by atoms with van der Waals surface area (Å²) in [6.45, 7) is 0. The van der Waals surface area contributed by atoms with E-state index in [0.29, 0.717) is 28.4 Å². The second-order valence-corrected chi connectivity index (χ2v) is 7.57. The molecule has 4 nitrogen and oxygen atoms in total. The van der Waals surface area contributed by atoms with Crippen molar-refractivity contribution in [3.05, 3.63) is 59.0 Å². The number of fused-ring (bicyclic) bond motifs is 2. The van der Waals surface area contributed by atoms with Gasteiger partial charge in [-0.2, -0.15) is 0 Å². The number of furan rings is 1. The first-order chi connectivity index (χ1) is 12.6. The van der Waals surface area contributed by atoms with Crippen LogP contribution in [0, 0.1) is 0 Å². The number of benzene rings is 1. The summed E-state index contributed by atoms with van der Waals surface area (Å²) in [4.78, 5) is 15.4. The van der Waals surface area contributed by atoms with Crippen LogP contribution in [-0.2, 0) is 9.53 Å². The van der Waals surface area contributed by atoms with Crippen molar-refractivity contribution in [1.82, 2.24) is 4.90 Å². The van der Waals surface area contributed by atoms with E-state index in [9.17, 15) is 4.79 Å². The van der Waals surface area contributed by atoms with Crippen molar-refractivity contribution in [3.8, 4) is 0 Å². The average Bonchev–Trinajstić information content (AvgIpc) is 3.19. The summed E-state index contributed by atoms with van der Waals surface area (Å²) in [6, 6.07) is 11.9. The van der Waals surface area contributed by atoms with E-state index in [1.807, 2.05) is 18.2 Å². The van der Waals surface area contributed by atoms with Crippen LogP contribution in [0.25, 0.3) is 11.6 Å². The van der Waals surface area contributed by atoms with E-state index in [1.54, 1.807) is 30.5 Å². The molecule has 0 amide bonds. The summed E-state index contributed by atoms with van der Waals surface area (Å²) in [6.07, 6.45) is 7.51. The number of rotatable bonds is 4. The lowest BCUT2D eigenvalue weighted by Crippen LogP contribution is -2.43. The largest absolute Gasteiger partial charge is 0.465 e. The third kappa shape index (κ3) is 4.40. The number of ether oxygens (including phenoxy) is 1. The number of nitrogens with zero attached hydrogens (tertiary/aromatic N) is 1. The Labute approximate surface area is 170 Å². The lowest BCUT2D eigenvalue weighted by atomic mass is 10.00. The summed E-state index contributed by atoms with van der Waals surface area (Å²) in [5.74, 6) is 0.313. The summed E-state index contributed by atoms with van der Waals surface area (Å²) in [5, 5.41) is 0.631. The van der Waals surface area contributed by atoms with Gasteiger partial charge in [-0.3, -0.25) is 0 Å². The number of carbonyl (C=O) groups excluding carboxylic acids is 1. The van der Waals surface area contributed by atoms with Crippen LogP contribution in [0.1, 0.15) is 37.0 Å². The summed E-state index contributed by atoms with van der Waals surface area (Å²) < 4.78 is 11.3. The predicted octanol–water partition coefficient (Wildman–Crippen LogP) is 5.06. The maximum absolute atomic E-state index is 13.0. The van der Waals surface area contributed by atoms with E-state index in [2.05, 4.69) is 11.9 Å². The minimum absolute atomic E-state index is 0. The highest BCUT2D eigenvalue weighted by Crippen LogP contribution is 2.36. The Hall–Kier alpha value is -1.75. The van der Waals surface area contributed by atoms with Crippen LogP contribution in [0.4, 0.5) is 0 Å². The van der Waals surface area contributed by atoms with Crippen LogP contribution in [0.5, 0.6) is 0 Å². The molecule has 27 heavy (non-hydrogen) atoms. The van der Waals surface area contributed by atoms with Gasteiger partial charge in [-0.25, -0.2) is 4.79 Å². The van der Waals surface area contributed by atoms with Gasteiger partial charge in [0.05, 0.1) is 11.8 Å². The van der Waals surface area contributed by atoms with Crippen molar-refractivity contribution in [3.63, 3.8) is 0 Å². The lowest BCUT2D eigenvalue weighted by Gasteiger charge is -2.35. The molecule has 2 saturated heterocycles. The standard InChI is InChI=1S/C21H22ClNO3.ClH/c1-23-16-8-9-17(23)12-19(11-16)26-21(24)20(13-18-3-2-10-25-18)14-4-6-15(22)7-5-14;/h2-7,10,13,16-17,19H,8-9,11-12H2,1H3;1H/b20-13-;. The first-order valence-corrected chi connectivity index (χ1v) is 9.42. The van der Waals surface area contributed by atoms with Gasteiger partial charge in [-0.15, -0.1) is 12.4 Å². The quantitative estimate of drug-likeness (QED) is 0.524. The molecule has 2 bridgehead atoms. The molecule has 6 heteroatoms. The van der Waals surface area contributed by atoms with Crippen molar-refractivity contribution >= 4 is 41.6 Å². The number of hydrogen-bond donors (Lipinski definition) is 0. The molecule has 1 aromatic heterocycles. The molecule has 2 atom stereocenters. The molecule has 0 saturated carbocycles. The second kappa shape index (κ2) is 8.51. The molecule has 144 valence electrons. The zero-order valence-electron chi connectivity index (χ0n) is 15.1. The fraction of sp³-hybridized carbons (Fsp3) is 0.381. The monoisotopic (exact) mass is 407 g/mol. The molecule has 0 radical (unpaired) electrons. The summed E-state index contributed by atoms with van der Waals surface area (Å²) >= 11 is 5.99. The van der Waals surface area contributed by atoms with Crippen molar-refractivity contribution in [2.45, 2.75) is 43.9 Å². The molecule has 2 aliphatic heterocycles. The highest BCUT2D eigenvalue weighted by atomic mass is 35.5. The molecular weight excluding hydrogens is 385 g/mol. The molecule has 1 aromatic carbocycles. The zero-order chi connectivity index (χ0) is 18.1. The van der Waals surface area contributed by atoms with Gasteiger partial charge in [0.25, 0.3) is 0 Å². The molecule has 2 aliphatic rings. The van der Waals surface area contributed by atoms with Gasteiger partial charge < -0.3 is 14.1 Å². The number of carbonyl (C=O) groups is 1.